The molecule has 4 heteroatoms. The molecule has 1 aliphatic carbocycles. The molecule has 4 nitrogen and oxygen atoms in total. The molecule has 2 rings (SSSR count). The first kappa shape index (κ1) is 8.99. The van der Waals surface area contributed by atoms with E-state index in [0.717, 1.165) is 12.8 Å². The molecule has 1 fully saturated rings. The number of carboxylic acids is 1. The maximum Gasteiger partial charge on any atom is 0.341 e. The summed E-state index contributed by atoms with van der Waals surface area (Å²) in [5.74, 6) is -1.16. The summed E-state index contributed by atoms with van der Waals surface area (Å²) in [7, 11) is 0. The lowest BCUT2D eigenvalue weighted by atomic mass is 10.2. The highest BCUT2D eigenvalue weighted by atomic mass is 16.4. The van der Waals surface area contributed by atoms with Gasteiger partial charge in [-0.05, 0) is 31.9 Å². The molecule has 74 valence electrons. The van der Waals surface area contributed by atoms with E-state index in [0.29, 0.717) is 0 Å². The molecule has 0 radical (unpaired) electrons. The number of hydrogen-bond donors (Lipinski definition) is 1. The number of aromatic carboxylic acids is 1. The van der Waals surface area contributed by atoms with E-state index >= 15 is 0 Å². The number of aromatic nitrogens is 1. The quantitative estimate of drug-likeness (QED) is 0.763. The molecule has 1 aromatic rings. The maximum absolute atomic E-state index is 11.7. The highest BCUT2D eigenvalue weighted by Crippen LogP contribution is 2.41. The molecule has 0 aliphatic heterocycles. The van der Waals surface area contributed by atoms with Gasteiger partial charge in [-0.2, -0.15) is 0 Å². The highest BCUT2D eigenvalue weighted by Gasteiger charge is 2.40. The zero-order valence-corrected chi connectivity index (χ0v) is 7.86. The predicted octanol–water partition coefficient (Wildman–Crippen LogP) is 1.06. The lowest BCUT2D eigenvalue weighted by Gasteiger charge is -2.12. The second-order valence-electron chi connectivity index (χ2n) is 3.90. The van der Waals surface area contributed by atoms with Crippen LogP contribution in [0.15, 0.2) is 23.1 Å². The minimum Gasteiger partial charge on any atom is -0.477 e. The van der Waals surface area contributed by atoms with Gasteiger partial charge in [0.1, 0.15) is 5.56 Å². The SMILES string of the molecule is CC1(n2cccc(C(=O)O)c2=O)CC1. The largest absolute Gasteiger partial charge is 0.477 e. The van der Waals surface area contributed by atoms with Crippen LogP contribution in [0.3, 0.4) is 0 Å². The van der Waals surface area contributed by atoms with E-state index < -0.39 is 11.5 Å². The summed E-state index contributed by atoms with van der Waals surface area (Å²) in [4.78, 5) is 22.4. The van der Waals surface area contributed by atoms with E-state index in [9.17, 15) is 9.59 Å². The summed E-state index contributed by atoms with van der Waals surface area (Å²) in [6.45, 7) is 1.96. The van der Waals surface area contributed by atoms with Crippen molar-refractivity contribution in [1.82, 2.24) is 4.57 Å². The molecule has 0 saturated heterocycles. The lowest BCUT2D eigenvalue weighted by molar-refractivity contribution is 0.0694. The third-order valence-electron chi connectivity index (χ3n) is 2.73. The van der Waals surface area contributed by atoms with Crippen LogP contribution in [0, 0.1) is 0 Å². The van der Waals surface area contributed by atoms with Gasteiger partial charge in [0.25, 0.3) is 5.56 Å². The van der Waals surface area contributed by atoms with E-state index in [1.54, 1.807) is 12.3 Å². The van der Waals surface area contributed by atoms with Gasteiger partial charge in [0.15, 0.2) is 0 Å². The fourth-order valence-corrected chi connectivity index (χ4v) is 1.50. The van der Waals surface area contributed by atoms with Crippen LogP contribution in [0.1, 0.15) is 30.1 Å². The zero-order valence-electron chi connectivity index (χ0n) is 7.86. The van der Waals surface area contributed by atoms with Crippen LogP contribution in [-0.4, -0.2) is 15.6 Å². The van der Waals surface area contributed by atoms with Gasteiger partial charge < -0.3 is 9.67 Å². The Morgan fingerprint density at radius 1 is 1.57 bits per heavy atom. The summed E-state index contributed by atoms with van der Waals surface area (Å²) < 4.78 is 1.52. The van der Waals surface area contributed by atoms with Crippen molar-refractivity contribution >= 4 is 5.97 Å². The first-order valence-electron chi connectivity index (χ1n) is 4.50. The van der Waals surface area contributed by atoms with Gasteiger partial charge in [0, 0.05) is 11.7 Å². The third kappa shape index (κ3) is 1.23. The molecule has 0 amide bonds. The van der Waals surface area contributed by atoms with Crippen molar-refractivity contribution in [2.45, 2.75) is 25.3 Å². The number of carboxylic acid groups (broad SMARTS) is 1. The average molecular weight is 193 g/mol. The van der Waals surface area contributed by atoms with Crippen LogP contribution in [-0.2, 0) is 5.54 Å². The van der Waals surface area contributed by atoms with Gasteiger partial charge in [-0.15, -0.1) is 0 Å². The van der Waals surface area contributed by atoms with Crippen LogP contribution >= 0.6 is 0 Å². The minimum absolute atomic E-state index is 0.150. The van der Waals surface area contributed by atoms with E-state index in [4.69, 9.17) is 5.11 Å². The Balaban J connectivity index is 2.59. The molecule has 0 unspecified atom stereocenters. The topological polar surface area (TPSA) is 59.3 Å². The second-order valence-corrected chi connectivity index (χ2v) is 3.90. The van der Waals surface area contributed by atoms with Crippen LogP contribution in [0.5, 0.6) is 0 Å². The molecular formula is C10H11NO3. The first-order valence-corrected chi connectivity index (χ1v) is 4.50. The van der Waals surface area contributed by atoms with Crippen molar-refractivity contribution in [3.05, 3.63) is 34.2 Å². The summed E-state index contributed by atoms with van der Waals surface area (Å²) in [6, 6.07) is 2.95. The zero-order chi connectivity index (χ0) is 10.3. The number of rotatable bonds is 2. The fourth-order valence-electron chi connectivity index (χ4n) is 1.50. The Bertz CT molecular complexity index is 443. The Morgan fingerprint density at radius 2 is 2.21 bits per heavy atom. The summed E-state index contributed by atoms with van der Waals surface area (Å²) >= 11 is 0. The van der Waals surface area contributed by atoms with Crippen LogP contribution in [0.25, 0.3) is 0 Å². The monoisotopic (exact) mass is 193 g/mol. The van der Waals surface area contributed by atoms with Crippen molar-refractivity contribution in [3.8, 4) is 0 Å². The van der Waals surface area contributed by atoms with Gasteiger partial charge >= 0.3 is 5.97 Å². The average Bonchev–Trinajstić information content (AvgIpc) is 2.84. The molecule has 0 bridgehead atoms. The summed E-state index contributed by atoms with van der Waals surface area (Å²) in [6.07, 6.45) is 3.54. The second kappa shape index (κ2) is 2.70. The van der Waals surface area contributed by atoms with Gasteiger partial charge in [-0.25, -0.2) is 4.79 Å². The van der Waals surface area contributed by atoms with E-state index in [-0.39, 0.29) is 11.1 Å². The molecule has 1 aromatic heterocycles. The Labute approximate surface area is 80.8 Å². The molecule has 1 heterocycles. The van der Waals surface area contributed by atoms with E-state index in [1.807, 2.05) is 6.92 Å². The summed E-state index contributed by atoms with van der Waals surface area (Å²) in [5, 5.41) is 8.76. The molecule has 1 saturated carbocycles. The fraction of sp³-hybridized carbons (Fsp3) is 0.400. The molecule has 0 atom stereocenters. The molecule has 0 aromatic carbocycles. The Morgan fingerprint density at radius 3 is 2.71 bits per heavy atom. The Hall–Kier alpha value is -1.58. The van der Waals surface area contributed by atoms with E-state index in [1.165, 1.54) is 10.6 Å². The van der Waals surface area contributed by atoms with Crippen molar-refractivity contribution in [1.29, 1.82) is 0 Å². The van der Waals surface area contributed by atoms with Crippen molar-refractivity contribution in [2.75, 3.05) is 0 Å². The standard InChI is InChI=1S/C10H11NO3/c1-10(4-5-10)11-6-2-3-7(8(11)12)9(13)14/h2-3,6H,4-5H2,1H3,(H,13,14). The van der Waals surface area contributed by atoms with Gasteiger partial charge in [0.2, 0.25) is 0 Å². The van der Waals surface area contributed by atoms with Gasteiger partial charge in [-0.1, -0.05) is 0 Å². The Kier molecular flexibility index (Phi) is 1.74. The third-order valence-corrected chi connectivity index (χ3v) is 2.73. The van der Waals surface area contributed by atoms with Crippen LogP contribution < -0.4 is 5.56 Å². The van der Waals surface area contributed by atoms with Gasteiger partial charge in [-0.3, -0.25) is 4.79 Å². The summed E-state index contributed by atoms with van der Waals surface area (Å²) in [5.41, 5.74) is -0.705. The number of pyridine rings is 1. The van der Waals surface area contributed by atoms with Gasteiger partial charge in [0.05, 0.1) is 0 Å². The molecule has 14 heavy (non-hydrogen) atoms. The van der Waals surface area contributed by atoms with Crippen molar-refractivity contribution < 1.29 is 9.90 Å². The maximum atomic E-state index is 11.7. The first-order chi connectivity index (χ1) is 6.54. The van der Waals surface area contributed by atoms with Crippen LogP contribution in [0.4, 0.5) is 0 Å². The molecule has 1 N–H and O–H groups in total. The lowest BCUT2D eigenvalue weighted by Crippen LogP contribution is -2.31. The number of nitrogens with zero attached hydrogens (tertiary/aromatic N) is 1. The molecule has 1 aliphatic rings. The smallest absolute Gasteiger partial charge is 0.341 e. The van der Waals surface area contributed by atoms with E-state index in [2.05, 4.69) is 0 Å². The van der Waals surface area contributed by atoms with Crippen molar-refractivity contribution in [2.24, 2.45) is 0 Å². The predicted molar refractivity (Wildman–Crippen MR) is 50.5 cm³/mol. The minimum atomic E-state index is -1.16. The van der Waals surface area contributed by atoms with Crippen molar-refractivity contribution in [3.63, 3.8) is 0 Å². The number of hydrogen-bond acceptors (Lipinski definition) is 2. The normalized spacial score (nSPS) is 17.8. The molecule has 0 spiro atoms. The number of carbonyl (C=O) groups is 1. The van der Waals surface area contributed by atoms with Crippen LogP contribution in [0.2, 0.25) is 0 Å². The molecular weight excluding hydrogens is 182 g/mol. The highest BCUT2D eigenvalue weighted by molar-refractivity contribution is 5.87.